The third-order valence-corrected chi connectivity index (χ3v) is 3.17. The second-order valence-corrected chi connectivity index (χ2v) is 4.47. The zero-order chi connectivity index (χ0) is 19.1. The molecule has 0 amide bonds. The number of hydrogen-bond acceptors (Lipinski definition) is 5. The number of phosphoric ester groups is 1. The molecule has 8 nitrogen and oxygen atoms in total. The molecule has 134 valence electrons. The van der Waals surface area contributed by atoms with Crippen molar-refractivity contribution >= 4 is 7.82 Å². The first-order valence-corrected chi connectivity index (χ1v) is 7.45. The van der Waals surface area contributed by atoms with Gasteiger partial charge in [0, 0.05) is 17.1 Å². The minimum atomic E-state index is -3.64. The van der Waals surface area contributed by atoms with E-state index in [4.69, 9.17) is 32.8 Å². The van der Waals surface area contributed by atoms with E-state index in [9.17, 15) is 4.57 Å². The van der Waals surface area contributed by atoms with Gasteiger partial charge in [0.25, 0.3) is 0 Å². The smallest absolute Gasteiger partial charge is 0 e. The molecule has 0 radical (unpaired) electrons. The van der Waals surface area contributed by atoms with Gasteiger partial charge in [-0.25, -0.2) is 4.57 Å². The van der Waals surface area contributed by atoms with Crippen LogP contribution >= 0.6 is 7.82 Å². The molecule has 10 heteroatoms. The molecule has 0 bridgehead atoms. The van der Waals surface area contributed by atoms with Crippen molar-refractivity contribution in [3.8, 4) is 6.07 Å². The number of nitriles is 1. The van der Waals surface area contributed by atoms with E-state index in [1.165, 1.54) is 6.08 Å². The molecular formula is C14H18FeNO7P. The predicted molar refractivity (Wildman–Crippen MR) is 77.1 cm³/mol. The van der Waals surface area contributed by atoms with Crippen LogP contribution in [0.1, 0.15) is 20.8 Å². The molecule has 0 aliphatic rings. The maximum absolute atomic E-state index is 11.9. The Bertz CT molecular complexity index is 442. The van der Waals surface area contributed by atoms with Crippen molar-refractivity contribution in [1.82, 2.24) is 0 Å². The first-order valence-electron chi connectivity index (χ1n) is 5.99. The maximum Gasteiger partial charge on any atom is 0 e. The van der Waals surface area contributed by atoms with Gasteiger partial charge in [0.1, 0.15) is 0 Å². The van der Waals surface area contributed by atoms with Crippen LogP contribution in [-0.2, 0) is 49.2 Å². The fraction of sp³-hybridized carbons (Fsp3) is 0.429. The Balaban J connectivity index is -0.000000153. The Morgan fingerprint density at radius 2 is 1.50 bits per heavy atom. The van der Waals surface area contributed by atoms with E-state index in [1.54, 1.807) is 32.1 Å². The second-order valence-electron chi connectivity index (χ2n) is 2.85. The topological polar surface area (TPSA) is 128 Å². The summed E-state index contributed by atoms with van der Waals surface area (Å²) in [5.41, 5.74) is 0. The van der Waals surface area contributed by atoms with Gasteiger partial charge in [-0.05, 0) is 26.8 Å². The summed E-state index contributed by atoms with van der Waals surface area (Å²) in [5, 5.41) is 8.84. The van der Waals surface area contributed by atoms with Gasteiger partial charge >= 0.3 is 41.7 Å². The molecule has 0 saturated carbocycles. The largest absolute Gasteiger partial charge is 0 e. The Labute approximate surface area is 153 Å². The summed E-state index contributed by atoms with van der Waals surface area (Å²) in [6.45, 7) is 19.1. The molecular weight excluding hydrogens is 381 g/mol. The fourth-order valence-corrected chi connectivity index (χ4v) is 2.16. The Kier molecular flexibility index (Phi) is 42.5. The molecule has 0 rings (SSSR count). The molecule has 0 spiro atoms. The number of nitrogens with zero attached hydrogens (tertiary/aromatic N) is 1. The molecule has 0 aromatic carbocycles. The van der Waals surface area contributed by atoms with Crippen molar-refractivity contribution in [2.45, 2.75) is 26.9 Å². The maximum atomic E-state index is 11.9. The van der Waals surface area contributed by atoms with Crippen LogP contribution in [0.2, 0.25) is 0 Å². The van der Waals surface area contributed by atoms with E-state index >= 15 is 0 Å². The van der Waals surface area contributed by atoms with E-state index in [1.807, 2.05) is 13.0 Å². The normalized spacial score (nSPS) is 10.3. The van der Waals surface area contributed by atoms with Gasteiger partial charge in [-0.3, -0.25) is 13.6 Å². The molecule has 1 atom stereocenters. The van der Waals surface area contributed by atoms with Crippen LogP contribution in [0, 0.1) is 31.3 Å². The van der Waals surface area contributed by atoms with Crippen LogP contribution < -0.4 is 0 Å². The molecule has 0 aromatic rings. The van der Waals surface area contributed by atoms with Crippen LogP contribution in [-0.4, -0.2) is 19.3 Å². The van der Waals surface area contributed by atoms with Gasteiger partial charge < -0.3 is 0 Å². The average molecular weight is 399 g/mol. The number of hydrogen-bond donors (Lipinski definition) is 0. The zero-order valence-electron chi connectivity index (χ0n) is 13.4. The van der Waals surface area contributed by atoms with Gasteiger partial charge in [-0.15, -0.1) is 0 Å². The van der Waals surface area contributed by atoms with Crippen molar-refractivity contribution in [2.75, 3.05) is 13.2 Å². The molecule has 0 aromatic heterocycles. The van der Waals surface area contributed by atoms with Crippen LogP contribution in [0.15, 0.2) is 24.3 Å². The summed E-state index contributed by atoms with van der Waals surface area (Å²) in [5.74, 6) is 0. The second kappa shape index (κ2) is 29.8. The van der Waals surface area contributed by atoms with Crippen molar-refractivity contribution in [2.24, 2.45) is 0 Å². The van der Waals surface area contributed by atoms with E-state index < -0.39 is 13.9 Å². The first kappa shape index (κ1) is 34.2. The molecule has 0 N–H and O–H groups in total. The monoisotopic (exact) mass is 399 g/mol. The minimum Gasteiger partial charge on any atom is 0 e. The molecule has 24 heavy (non-hydrogen) atoms. The molecule has 0 aliphatic carbocycles. The van der Waals surface area contributed by atoms with E-state index in [0.29, 0.717) is 0 Å². The van der Waals surface area contributed by atoms with E-state index in [2.05, 4.69) is 20.0 Å². The van der Waals surface area contributed by atoms with Crippen LogP contribution in [0.3, 0.4) is 0 Å². The number of phosphoric acid groups is 1. The fourth-order valence-electron chi connectivity index (χ4n) is 0.931. The van der Waals surface area contributed by atoms with Crippen molar-refractivity contribution in [3.05, 3.63) is 44.3 Å². The SMILES string of the molecule is CC=CC=CC(C#N)OP(=O)(OCC)OCC.[C-]#[O+].[C-]#[O+].[C-]#[O+].[Fe]. The van der Waals surface area contributed by atoms with Gasteiger partial charge in [0.05, 0.1) is 19.3 Å². The van der Waals surface area contributed by atoms with Crippen LogP contribution in [0.4, 0.5) is 0 Å². The standard InChI is InChI=1S/C11H18NO4P.3CO.Fe/c1-4-7-8-9-11(10-12)16-17(13,14-5-2)15-6-3;3*1-2;/h4,7-9,11H,5-6H2,1-3H3;;;;. The third-order valence-electron chi connectivity index (χ3n) is 1.53. The average Bonchev–Trinajstić information content (AvgIpc) is 2.60. The zero-order valence-corrected chi connectivity index (χ0v) is 15.4. The summed E-state index contributed by atoms with van der Waals surface area (Å²) < 4.78 is 49.3. The number of allylic oxidation sites excluding steroid dienone is 3. The van der Waals surface area contributed by atoms with Crippen LogP contribution in [0.5, 0.6) is 0 Å². The summed E-state index contributed by atoms with van der Waals surface area (Å²) >= 11 is 0. The molecule has 1 unspecified atom stereocenters. The number of rotatable bonds is 8. The summed E-state index contributed by atoms with van der Waals surface area (Å²) in [6, 6.07) is 1.86. The predicted octanol–water partition coefficient (Wildman–Crippen LogP) is 3.09. The van der Waals surface area contributed by atoms with Crippen molar-refractivity contribution < 1.29 is 49.2 Å². The summed E-state index contributed by atoms with van der Waals surface area (Å²) in [6.07, 6.45) is 5.69. The van der Waals surface area contributed by atoms with Crippen molar-refractivity contribution in [3.63, 3.8) is 0 Å². The molecule has 0 saturated heterocycles. The quantitative estimate of drug-likeness (QED) is 0.204. The van der Waals surface area contributed by atoms with Gasteiger partial charge in [0.15, 0.2) is 6.10 Å². The Morgan fingerprint density at radius 3 is 1.79 bits per heavy atom. The van der Waals surface area contributed by atoms with Crippen molar-refractivity contribution in [1.29, 1.82) is 5.26 Å². The Hall–Kier alpha value is -1.18. The van der Waals surface area contributed by atoms with Gasteiger partial charge in [0.2, 0.25) is 0 Å². The van der Waals surface area contributed by atoms with Crippen LogP contribution in [0.25, 0.3) is 0 Å². The molecule has 0 aliphatic heterocycles. The first-order chi connectivity index (χ1) is 11.1. The van der Waals surface area contributed by atoms with E-state index in [-0.39, 0.29) is 30.3 Å². The summed E-state index contributed by atoms with van der Waals surface area (Å²) in [4.78, 5) is 0. The Morgan fingerprint density at radius 1 is 1.08 bits per heavy atom. The van der Waals surface area contributed by atoms with Gasteiger partial charge in [-0.2, -0.15) is 5.26 Å². The summed E-state index contributed by atoms with van der Waals surface area (Å²) in [7, 11) is -3.64. The third kappa shape index (κ3) is 23.1. The minimum absolute atomic E-state index is 0. The molecule has 0 fully saturated rings. The molecule has 0 heterocycles. The van der Waals surface area contributed by atoms with Gasteiger partial charge in [-0.1, -0.05) is 18.2 Å². The van der Waals surface area contributed by atoms with E-state index in [0.717, 1.165) is 0 Å².